The van der Waals surface area contributed by atoms with Gasteiger partial charge in [-0.05, 0) is 56.1 Å². The number of hydrogen-bond donors (Lipinski definition) is 0. The van der Waals surface area contributed by atoms with Gasteiger partial charge in [-0.25, -0.2) is 13.2 Å². The summed E-state index contributed by atoms with van der Waals surface area (Å²) in [6.45, 7) is 2.36. The number of nitrogens with zero attached hydrogens (tertiary/aromatic N) is 3. The minimum Gasteiger partial charge on any atom is -0.485 e. The summed E-state index contributed by atoms with van der Waals surface area (Å²) < 4.78 is 73.9. The Morgan fingerprint density at radius 3 is 2.50 bits per heavy atom. The molecule has 1 saturated heterocycles. The van der Waals surface area contributed by atoms with Gasteiger partial charge in [0.05, 0.1) is 18.1 Å². The Morgan fingerprint density at radius 2 is 1.92 bits per heavy atom. The van der Waals surface area contributed by atoms with E-state index >= 15 is 0 Å². The molecule has 0 N–H and O–H groups in total. The van der Waals surface area contributed by atoms with E-state index < -0.39 is 28.4 Å². The molecule has 0 bridgehead atoms. The third-order valence-corrected chi connectivity index (χ3v) is 9.24. The second-order valence-electron chi connectivity index (χ2n) is 10.6. The average Bonchev–Trinajstić information content (AvgIpc) is 3.16. The second kappa shape index (κ2) is 8.61. The van der Waals surface area contributed by atoms with Crippen LogP contribution in [0.25, 0.3) is 5.57 Å². The lowest BCUT2D eigenvalue weighted by atomic mass is 9.54. The summed E-state index contributed by atoms with van der Waals surface area (Å²) in [5.41, 5.74) is 2.68. The van der Waals surface area contributed by atoms with Crippen LogP contribution in [0, 0.1) is 5.41 Å². The van der Waals surface area contributed by atoms with Crippen molar-refractivity contribution >= 4 is 21.7 Å². The molecule has 36 heavy (non-hydrogen) atoms. The van der Waals surface area contributed by atoms with Gasteiger partial charge in [0.25, 0.3) is 0 Å². The van der Waals surface area contributed by atoms with Crippen LogP contribution in [-0.2, 0) is 21.2 Å². The maximum atomic E-state index is 12.7. The molecule has 3 aliphatic heterocycles. The molecule has 1 amide bonds. The van der Waals surface area contributed by atoms with Gasteiger partial charge < -0.3 is 14.4 Å². The quantitative estimate of drug-likeness (QED) is 0.593. The first-order valence-electron chi connectivity index (χ1n) is 12.1. The van der Waals surface area contributed by atoms with Gasteiger partial charge >= 0.3 is 12.3 Å². The van der Waals surface area contributed by atoms with Crippen LogP contribution in [0.3, 0.4) is 0 Å². The first kappa shape index (κ1) is 25.3. The van der Waals surface area contributed by atoms with Crippen molar-refractivity contribution in [2.24, 2.45) is 5.41 Å². The molecule has 1 saturated carbocycles. The van der Waals surface area contributed by atoms with E-state index in [-0.39, 0.29) is 11.0 Å². The fourth-order valence-electron chi connectivity index (χ4n) is 6.01. The van der Waals surface area contributed by atoms with E-state index in [9.17, 15) is 26.4 Å². The van der Waals surface area contributed by atoms with Crippen LogP contribution in [0.4, 0.5) is 18.0 Å². The van der Waals surface area contributed by atoms with Crippen molar-refractivity contribution in [3.8, 4) is 5.75 Å². The first-order valence-corrected chi connectivity index (χ1v) is 14.0. The molecule has 1 aromatic rings. The fourth-order valence-corrected chi connectivity index (χ4v) is 6.78. The Morgan fingerprint density at radius 1 is 1.22 bits per heavy atom. The normalized spacial score (nSPS) is 24.0. The number of alkyl halides is 3. The summed E-state index contributed by atoms with van der Waals surface area (Å²) in [5.74, 6) is 0.768. The van der Waals surface area contributed by atoms with Crippen molar-refractivity contribution in [2.75, 3.05) is 32.4 Å². The topological polar surface area (TPSA) is 89.0 Å². The van der Waals surface area contributed by atoms with E-state index in [0.717, 1.165) is 48.8 Å². The van der Waals surface area contributed by atoms with Gasteiger partial charge in [-0.15, -0.1) is 0 Å². The van der Waals surface area contributed by atoms with E-state index in [4.69, 9.17) is 4.74 Å². The van der Waals surface area contributed by atoms with Gasteiger partial charge in [-0.1, -0.05) is 6.08 Å². The summed E-state index contributed by atoms with van der Waals surface area (Å²) in [5, 5.41) is 0. The maximum Gasteiger partial charge on any atom is 0.425 e. The van der Waals surface area contributed by atoms with E-state index in [0.29, 0.717) is 45.4 Å². The van der Waals surface area contributed by atoms with Gasteiger partial charge in [-0.3, -0.25) is 4.98 Å². The summed E-state index contributed by atoms with van der Waals surface area (Å²) in [6.07, 6.45) is 1.71. The number of amides is 1. The van der Waals surface area contributed by atoms with Crippen molar-refractivity contribution in [1.29, 1.82) is 0 Å². The number of piperidine rings is 1. The molecule has 2 fully saturated rings. The molecule has 1 aliphatic carbocycles. The van der Waals surface area contributed by atoms with E-state index in [2.05, 4.69) is 9.72 Å². The molecular weight excluding hydrogens is 499 g/mol. The first-order chi connectivity index (χ1) is 16.8. The molecule has 1 atom stereocenters. The minimum atomic E-state index is -4.57. The van der Waals surface area contributed by atoms with Crippen LogP contribution in [0.5, 0.6) is 5.75 Å². The van der Waals surface area contributed by atoms with Gasteiger partial charge in [0, 0.05) is 38.2 Å². The number of pyridine rings is 1. The predicted molar refractivity (Wildman–Crippen MR) is 125 cm³/mol. The van der Waals surface area contributed by atoms with Crippen LogP contribution < -0.4 is 4.74 Å². The number of ether oxygens (including phenoxy) is 2. The monoisotopic (exact) mass is 529 g/mol. The van der Waals surface area contributed by atoms with Crippen LogP contribution >= 0.6 is 0 Å². The molecule has 1 aromatic heterocycles. The summed E-state index contributed by atoms with van der Waals surface area (Å²) in [7, 11) is -3.21. The Kier molecular flexibility index (Phi) is 6.06. The van der Waals surface area contributed by atoms with Crippen molar-refractivity contribution in [2.45, 2.75) is 63.3 Å². The Balaban J connectivity index is 1.16. The molecule has 198 valence electrons. The van der Waals surface area contributed by atoms with Gasteiger partial charge in [-0.2, -0.15) is 17.5 Å². The average molecular weight is 530 g/mol. The number of carbonyl (C=O) groups excluding carboxylic acids is 1. The highest BCUT2D eigenvalue weighted by Crippen LogP contribution is 2.60. The Labute approximate surface area is 208 Å². The number of hydrogen-bond acceptors (Lipinski definition) is 6. The van der Waals surface area contributed by atoms with E-state index in [1.165, 1.54) is 15.5 Å². The Hall–Kier alpha value is -2.34. The minimum absolute atomic E-state index is 0.0196. The number of carbonyl (C=O) groups is 1. The molecule has 0 radical (unpaired) electrons. The van der Waals surface area contributed by atoms with Gasteiger partial charge in [0.2, 0.25) is 10.0 Å². The van der Waals surface area contributed by atoms with E-state index in [1.54, 1.807) is 6.20 Å². The lowest BCUT2D eigenvalue weighted by Gasteiger charge is -2.56. The van der Waals surface area contributed by atoms with Crippen molar-refractivity contribution in [3.63, 3.8) is 0 Å². The van der Waals surface area contributed by atoms with Crippen molar-refractivity contribution in [1.82, 2.24) is 14.2 Å². The third kappa shape index (κ3) is 4.81. The molecule has 8 nitrogen and oxygen atoms in total. The number of sulfonamides is 1. The zero-order valence-electron chi connectivity index (χ0n) is 20.3. The molecule has 4 aliphatic rings. The van der Waals surface area contributed by atoms with Crippen molar-refractivity contribution in [3.05, 3.63) is 29.6 Å². The molecule has 5 rings (SSSR count). The van der Waals surface area contributed by atoms with Crippen LogP contribution in [0.2, 0.25) is 0 Å². The van der Waals surface area contributed by atoms with Crippen LogP contribution in [0.15, 0.2) is 18.3 Å². The standard InChI is InChI=1S/C24H30F3N3O5S/c1-16(24(25,26)27)34-21(31)29-9-5-22(6-10-29)14-23(15-22)12-18-11-19(28-13-20(18)35-23)17-3-7-30(8-4-17)36(2,32)33/h3,11,13,16H,4-10,12,14-15H2,1-2H3/t16-/m0/s1. The lowest BCUT2D eigenvalue weighted by Crippen LogP contribution is -2.59. The van der Waals surface area contributed by atoms with Crippen LogP contribution in [-0.4, -0.2) is 79.0 Å². The highest BCUT2D eigenvalue weighted by atomic mass is 32.2. The zero-order valence-corrected chi connectivity index (χ0v) is 21.1. The molecule has 0 aromatic carbocycles. The van der Waals surface area contributed by atoms with Crippen LogP contribution in [0.1, 0.15) is 50.3 Å². The Bertz CT molecular complexity index is 1180. The molecular formula is C24H30F3N3O5S. The molecule has 4 heterocycles. The second-order valence-corrected chi connectivity index (χ2v) is 12.6. The molecule has 12 heteroatoms. The zero-order chi connectivity index (χ0) is 25.9. The highest BCUT2D eigenvalue weighted by Gasteiger charge is 2.59. The summed E-state index contributed by atoms with van der Waals surface area (Å²) in [6, 6.07) is 2.04. The maximum absolute atomic E-state index is 12.7. The molecule has 0 unspecified atom stereocenters. The van der Waals surface area contributed by atoms with Gasteiger partial charge in [0.15, 0.2) is 6.10 Å². The number of aromatic nitrogens is 1. The number of rotatable bonds is 3. The fraction of sp³-hybridized carbons (Fsp3) is 0.667. The van der Waals surface area contributed by atoms with E-state index in [1.807, 2.05) is 12.1 Å². The van der Waals surface area contributed by atoms with Gasteiger partial charge in [0.1, 0.15) is 11.4 Å². The smallest absolute Gasteiger partial charge is 0.425 e. The number of halogens is 3. The third-order valence-electron chi connectivity index (χ3n) is 7.97. The lowest BCUT2D eigenvalue weighted by molar-refractivity contribution is -0.200. The number of fused-ring (bicyclic) bond motifs is 1. The largest absolute Gasteiger partial charge is 0.485 e. The predicted octanol–water partition coefficient (Wildman–Crippen LogP) is 3.77. The highest BCUT2D eigenvalue weighted by molar-refractivity contribution is 7.88. The SMILES string of the molecule is C[C@H](OC(=O)N1CCC2(CC1)CC1(Cc3cc(C4=CCN(S(C)(=O)=O)CC4)ncc3O1)C2)C(F)(F)F. The summed E-state index contributed by atoms with van der Waals surface area (Å²) >= 11 is 0. The number of likely N-dealkylation sites (tertiary alicyclic amines) is 1. The molecule has 2 spiro atoms. The summed E-state index contributed by atoms with van der Waals surface area (Å²) in [4.78, 5) is 18.1. The van der Waals surface area contributed by atoms with Crippen molar-refractivity contribution < 1.29 is 35.9 Å².